The summed E-state index contributed by atoms with van der Waals surface area (Å²) in [4.78, 5) is 14.9. The number of nitrogens with zero attached hydrogens (tertiary/aromatic N) is 2. The zero-order chi connectivity index (χ0) is 21.5. The molecule has 4 rings (SSSR count). The minimum absolute atomic E-state index is 0.0279. The van der Waals surface area contributed by atoms with Crippen LogP contribution in [0, 0.1) is 11.7 Å². The van der Waals surface area contributed by atoms with Crippen LogP contribution in [-0.4, -0.2) is 38.3 Å². The van der Waals surface area contributed by atoms with Gasteiger partial charge >= 0.3 is 0 Å². The highest BCUT2D eigenvalue weighted by Crippen LogP contribution is 2.33. The zero-order valence-corrected chi connectivity index (χ0v) is 18.5. The van der Waals surface area contributed by atoms with Crippen LogP contribution in [0.2, 0.25) is 10.0 Å². The number of fused-ring (bicyclic) bond motifs is 1. The third kappa shape index (κ3) is 4.08. The highest BCUT2D eigenvalue weighted by Gasteiger charge is 2.35. The fraction of sp³-hybridized carbons (Fsp3) is 0.381. The predicted molar refractivity (Wildman–Crippen MR) is 115 cm³/mol. The summed E-state index contributed by atoms with van der Waals surface area (Å²) in [5.41, 5.74) is 1.96. The second-order valence-corrected chi connectivity index (χ2v) is 10.4. The van der Waals surface area contributed by atoms with Gasteiger partial charge in [-0.05, 0) is 67.6 Å². The Labute approximate surface area is 185 Å². The number of amides is 1. The lowest BCUT2D eigenvalue weighted by Crippen LogP contribution is -2.45. The maximum atomic E-state index is 13.4. The fourth-order valence-electron chi connectivity index (χ4n) is 4.14. The van der Waals surface area contributed by atoms with E-state index in [4.69, 9.17) is 23.2 Å². The standard InChI is InChI=1S/C21H21Cl2FN2O3S/c22-16-3-6-20-15(12-16)2-1-9-26(20)21(27)14-7-10-25(11-8-14)30(28,29)17-4-5-19(24)18(23)13-17/h3-6,12-14H,1-2,7-11H2. The van der Waals surface area contributed by atoms with Crippen LogP contribution in [0.1, 0.15) is 24.8 Å². The summed E-state index contributed by atoms with van der Waals surface area (Å²) in [6, 6.07) is 8.95. The lowest BCUT2D eigenvalue weighted by Gasteiger charge is -2.36. The number of sulfonamides is 1. The SMILES string of the molecule is O=C(C1CCN(S(=O)(=O)c2ccc(F)c(Cl)c2)CC1)N1CCCc2cc(Cl)ccc21. The van der Waals surface area contributed by atoms with Gasteiger partial charge in [-0.25, -0.2) is 12.8 Å². The number of carbonyl (C=O) groups is 1. The van der Waals surface area contributed by atoms with Gasteiger partial charge in [-0.1, -0.05) is 23.2 Å². The normalized spacial score (nSPS) is 18.3. The molecule has 0 aliphatic carbocycles. The fourth-order valence-corrected chi connectivity index (χ4v) is 6.08. The highest BCUT2D eigenvalue weighted by atomic mass is 35.5. The number of carbonyl (C=O) groups excluding carboxylic acids is 1. The molecule has 2 aliphatic rings. The van der Waals surface area contributed by atoms with Crippen LogP contribution in [0.5, 0.6) is 0 Å². The van der Waals surface area contributed by atoms with E-state index in [0.29, 0.717) is 24.4 Å². The molecule has 2 heterocycles. The molecule has 0 atom stereocenters. The Morgan fingerprint density at radius 2 is 1.77 bits per heavy atom. The van der Waals surface area contributed by atoms with E-state index in [1.54, 1.807) is 6.07 Å². The summed E-state index contributed by atoms with van der Waals surface area (Å²) < 4.78 is 40.4. The summed E-state index contributed by atoms with van der Waals surface area (Å²) in [5, 5.41) is 0.424. The van der Waals surface area contributed by atoms with Crippen LogP contribution in [0.25, 0.3) is 0 Å². The van der Waals surface area contributed by atoms with Crippen molar-refractivity contribution < 1.29 is 17.6 Å². The van der Waals surface area contributed by atoms with Gasteiger partial charge in [-0.2, -0.15) is 4.31 Å². The number of rotatable bonds is 3. The second kappa shape index (κ2) is 8.46. The molecule has 1 saturated heterocycles. The third-order valence-corrected chi connectivity index (χ3v) is 8.18. The lowest BCUT2D eigenvalue weighted by atomic mass is 9.94. The Bertz CT molecular complexity index is 1090. The van der Waals surface area contributed by atoms with E-state index in [1.165, 1.54) is 10.4 Å². The van der Waals surface area contributed by atoms with Crippen LogP contribution >= 0.6 is 23.2 Å². The largest absolute Gasteiger partial charge is 0.312 e. The van der Waals surface area contributed by atoms with Gasteiger partial charge in [0.25, 0.3) is 0 Å². The Balaban J connectivity index is 1.46. The molecule has 5 nitrogen and oxygen atoms in total. The molecule has 160 valence electrons. The molecule has 0 aromatic heterocycles. The van der Waals surface area contributed by atoms with Crippen molar-refractivity contribution in [2.24, 2.45) is 5.92 Å². The molecule has 0 saturated carbocycles. The number of anilines is 1. The Kier molecular flexibility index (Phi) is 6.08. The van der Waals surface area contributed by atoms with Gasteiger partial charge in [-0.15, -0.1) is 0 Å². The molecule has 0 radical (unpaired) electrons. The van der Waals surface area contributed by atoms with Gasteiger partial charge < -0.3 is 4.90 Å². The molecule has 1 amide bonds. The molecule has 2 aromatic carbocycles. The second-order valence-electron chi connectivity index (χ2n) is 7.62. The van der Waals surface area contributed by atoms with Crippen LogP contribution < -0.4 is 4.90 Å². The maximum Gasteiger partial charge on any atom is 0.243 e. The first-order valence-electron chi connectivity index (χ1n) is 9.82. The summed E-state index contributed by atoms with van der Waals surface area (Å²) in [6.45, 7) is 1.12. The molecule has 0 spiro atoms. The Morgan fingerprint density at radius 3 is 2.47 bits per heavy atom. The molecule has 2 aliphatic heterocycles. The first-order valence-corrected chi connectivity index (χ1v) is 12.0. The molecule has 9 heteroatoms. The molecular weight excluding hydrogens is 450 g/mol. The molecule has 0 N–H and O–H groups in total. The van der Waals surface area contributed by atoms with Crippen molar-refractivity contribution in [3.8, 4) is 0 Å². The molecule has 0 bridgehead atoms. The van der Waals surface area contributed by atoms with Crippen molar-refractivity contribution in [2.45, 2.75) is 30.6 Å². The van der Waals surface area contributed by atoms with E-state index in [-0.39, 0.29) is 34.8 Å². The van der Waals surface area contributed by atoms with Gasteiger partial charge in [0, 0.05) is 36.3 Å². The summed E-state index contributed by atoms with van der Waals surface area (Å²) in [5.74, 6) is -0.877. The van der Waals surface area contributed by atoms with E-state index < -0.39 is 15.8 Å². The minimum atomic E-state index is -3.79. The van der Waals surface area contributed by atoms with Crippen LogP contribution in [0.15, 0.2) is 41.3 Å². The third-order valence-electron chi connectivity index (χ3n) is 5.76. The van der Waals surface area contributed by atoms with Crippen molar-refractivity contribution >= 4 is 44.8 Å². The monoisotopic (exact) mass is 470 g/mol. The number of hydrogen-bond acceptors (Lipinski definition) is 3. The average molecular weight is 471 g/mol. The topological polar surface area (TPSA) is 57.7 Å². The van der Waals surface area contributed by atoms with Crippen molar-refractivity contribution in [2.75, 3.05) is 24.5 Å². The van der Waals surface area contributed by atoms with Crippen LogP contribution in [-0.2, 0) is 21.2 Å². The van der Waals surface area contributed by atoms with Crippen molar-refractivity contribution in [3.63, 3.8) is 0 Å². The first-order chi connectivity index (χ1) is 14.3. The summed E-state index contributed by atoms with van der Waals surface area (Å²) >= 11 is 11.8. The predicted octanol–water partition coefficient (Wildman–Crippen LogP) is 4.51. The lowest BCUT2D eigenvalue weighted by molar-refractivity contribution is -0.123. The van der Waals surface area contributed by atoms with Gasteiger partial charge in [0.2, 0.25) is 15.9 Å². The minimum Gasteiger partial charge on any atom is -0.312 e. The van der Waals surface area contributed by atoms with Crippen LogP contribution in [0.4, 0.5) is 10.1 Å². The number of hydrogen-bond donors (Lipinski definition) is 0. The molecule has 0 unspecified atom stereocenters. The van der Waals surface area contributed by atoms with E-state index in [2.05, 4.69) is 0 Å². The quantitative estimate of drug-likeness (QED) is 0.662. The number of benzene rings is 2. The van der Waals surface area contributed by atoms with Crippen molar-refractivity contribution in [3.05, 3.63) is 57.8 Å². The maximum absolute atomic E-state index is 13.4. The molecule has 2 aromatic rings. The Hall–Kier alpha value is -1.67. The zero-order valence-electron chi connectivity index (χ0n) is 16.2. The summed E-state index contributed by atoms with van der Waals surface area (Å²) in [7, 11) is -3.79. The van der Waals surface area contributed by atoms with Crippen molar-refractivity contribution in [1.29, 1.82) is 0 Å². The number of aryl methyl sites for hydroxylation is 1. The van der Waals surface area contributed by atoms with E-state index >= 15 is 0 Å². The van der Waals surface area contributed by atoms with Gasteiger partial charge in [-0.3, -0.25) is 4.79 Å². The van der Waals surface area contributed by atoms with Crippen molar-refractivity contribution in [1.82, 2.24) is 4.31 Å². The van der Waals surface area contributed by atoms with Crippen LogP contribution in [0.3, 0.4) is 0 Å². The smallest absolute Gasteiger partial charge is 0.243 e. The molecule has 30 heavy (non-hydrogen) atoms. The summed E-state index contributed by atoms with van der Waals surface area (Å²) in [6.07, 6.45) is 2.63. The van der Waals surface area contributed by atoms with E-state index in [1.807, 2.05) is 17.0 Å². The first kappa shape index (κ1) is 21.6. The van der Waals surface area contributed by atoms with Gasteiger partial charge in [0.1, 0.15) is 5.82 Å². The number of piperidine rings is 1. The van der Waals surface area contributed by atoms with Gasteiger partial charge in [0.05, 0.1) is 9.92 Å². The highest BCUT2D eigenvalue weighted by molar-refractivity contribution is 7.89. The van der Waals surface area contributed by atoms with Gasteiger partial charge in [0.15, 0.2) is 0 Å². The van der Waals surface area contributed by atoms with E-state index in [9.17, 15) is 17.6 Å². The molecule has 1 fully saturated rings. The Morgan fingerprint density at radius 1 is 1.03 bits per heavy atom. The average Bonchev–Trinajstić information content (AvgIpc) is 2.74. The molecular formula is C21H21Cl2FN2O3S. The van der Waals surface area contributed by atoms with E-state index in [0.717, 1.165) is 36.2 Å². The number of halogens is 3.